The van der Waals surface area contributed by atoms with Crippen molar-refractivity contribution in [3.63, 3.8) is 0 Å². The molecule has 0 bridgehead atoms. The lowest BCUT2D eigenvalue weighted by molar-refractivity contribution is 0.0984. The lowest BCUT2D eigenvalue weighted by Gasteiger charge is -2.11. The number of fused-ring (bicyclic) bond motifs is 1. The maximum atomic E-state index is 14.2. The Morgan fingerprint density at radius 3 is 2.74 bits per heavy atom. The van der Waals surface area contributed by atoms with Gasteiger partial charge in [-0.1, -0.05) is 6.92 Å². The molecule has 3 rings (SSSR count). The first kappa shape index (κ1) is 15.7. The van der Waals surface area contributed by atoms with Crippen LogP contribution in [0.2, 0.25) is 0 Å². The van der Waals surface area contributed by atoms with Gasteiger partial charge in [-0.25, -0.2) is 8.78 Å². The number of carbonyl (C=O) groups excluding carboxylic acids is 1. The van der Waals surface area contributed by atoms with Crippen LogP contribution in [0, 0.1) is 11.6 Å². The third-order valence-corrected chi connectivity index (χ3v) is 4.27. The highest BCUT2D eigenvalue weighted by Crippen LogP contribution is 2.38. The molecule has 0 aliphatic carbocycles. The zero-order chi connectivity index (χ0) is 16.6. The number of halogens is 3. The van der Waals surface area contributed by atoms with E-state index >= 15 is 0 Å². The van der Waals surface area contributed by atoms with Crippen LogP contribution in [0.5, 0.6) is 11.5 Å². The molecule has 2 aromatic carbocycles. The molecule has 1 heterocycles. The largest absolute Gasteiger partial charge is 0.453 e. The van der Waals surface area contributed by atoms with Gasteiger partial charge in [-0.05, 0) is 40.2 Å². The van der Waals surface area contributed by atoms with Gasteiger partial charge in [0.2, 0.25) is 0 Å². The molecular weight excluding hydrogens is 368 g/mol. The Hall–Kier alpha value is -2.21. The summed E-state index contributed by atoms with van der Waals surface area (Å²) in [5.41, 5.74) is 0.562. The molecule has 6 heteroatoms. The number of Topliss-reactive ketones (excluding diaryl/α,β-unsaturated/α-hetero) is 1. The third kappa shape index (κ3) is 2.86. The van der Waals surface area contributed by atoms with Gasteiger partial charge in [0.15, 0.2) is 17.3 Å². The third-order valence-electron chi connectivity index (χ3n) is 3.48. The summed E-state index contributed by atoms with van der Waals surface area (Å²) in [6.45, 7) is 1.64. The van der Waals surface area contributed by atoms with E-state index in [4.69, 9.17) is 4.74 Å². The fourth-order valence-electron chi connectivity index (χ4n) is 2.30. The van der Waals surface area contributed by atoms with Crippen LogP contribution < -0.4 is 4.74 Å². The minimum Gasteiger partial charge on any atom is -0.453 e. The van der Waals surface area contributed by atoms with E-state index in [1.165, 1.54) is 18.2 Å². The fraction of sp³-hybridized carbons (Fsp3) is 0.118. The molecule has 0 saturated heterocycles. The zero-order valence-electron chi connectivity index (χ0n) is 12.1. The van der Waals surface area contributed by atoms with Gasteiger partial charge in [-0.2, -0.15) is 0 Å². The maximum Gasteiger partial charge on any atom is 0.177 e. The molecule has 0 saturated carbocycles. The summed E-state index contributed by atoms with van der Waals surface area (Å²) >= 11 is 3.32. The summed E-state index contributed by atoms with van der Waals surface area (Å²) in [5, 5.41) is 0.758. The standard InChI is InChI=1S/C17H12BrF2NO2/c1-2-15(22)11-7-9(3-4-12(11)19)23-17-13(20)8-14-10(16(17)18)5-6-21-14/h3-8,21H,2H2,1H3. The average Bonchev–Trinajstić information content (AvgIpc) is 3.00. The van der Waals surface area contributed by atoms with Crippen LogP contribution >= 0.6 is 15.9 Å². The number of ether oxygens (including phenoxy) is 1. The van der Waals surface area contributed by atoms with E-state index in [0.717, 1.165) is 11.5 Å². The van der Waals surface area contributed by atoms with Crippen molar-refractivity contribution in [1.82, 2.24) is 4.98 Å². The Kier molecular flexibility index (Phi) is 4.17. The highest BCUT2D eigenvalue weighted by Gasteiger charge is 2.17. The normalized spacial score (nSPS) is 11.0. The number of aromatic nitrogens is 1. The van der Waals surface area contributed by atoms with Crippen molar-refractivity contribution in [2.24, 2.45) is 0 Å². The predicted molar refractivity (Wildman–Crippen MR) is 87.1 cm³/mol. The number of hydrogen-bond acceptors (Lipinski definition) is 2. The fourth-order valence-corrected chi connectivity index (χ4v) is 2.91. The summed E-state index contributed by atoms with van der Waals surface area (Å²) in [5.74, 6) is -1.35. The SMILES string of the molecule is CCC(=O)c1cc(Oc2c(F)cc3[nH]ccc3c2Br)ccc1F. The van der Waals surface area contributed by atoms with Gasteiger partial charge in [0, 0.05) is 29.6 Å². The van der Waals surface area contributed by atoms with Crippen molar-refractivity contribution < 1.29 is 18.3 Å². The molecule has 0 radical (unpaired) electrons. The number of hydrogen-bond donors (Lipinski definition) is 1. The molecule has 3 nitrogen and oxygen atoms in total. The summed E-state index contributed by atoms with van der Waals surface area (Å²) in [6, 6.07) is 6.88. The van der Waals surface area contributed by atoms with Crippen molar-refractivity contribution in [2.75, 3.05) is 0 Å². The Morgan fingerprint density at radius 2 is 2.00 bits per heavy atom. The molecular formula is C17H12BrF2NO2. The second kappa shape index (κ2) is 6.12. The van der Waals surface area contributed by atoms with E-state index in [0.29, 0.717) is 9.99 Å². The van der Waals surface area contributed by atoms with Crippen molar-refractivity contribution in [1.29, 1.82) is 0 Å². The molecule has 1 N–H and O–H groups in total. The van der Waals surface area contributed by atoms with E-state index < -0.39 is 11.6 Å². The van der Waals surface area contributed by atoms with Crippen LogP contribution in [0.1, 0.15) is 23.7 Å². The van der Waals surface area contributed by atoms with Crippen molar-refractivity contribution >= 4 is 32.6 Å². The van der Waals surface area contributed by atoms with Crippen molar-refractivity contribution in [3.8, 4) is 11.5 Å². The Labute approximate surface area is 139 Å². The van der Waals surface area contributed by atoms with Gasteiger partial charge in [-0.3, -0.25) is 4.79 Å². The first-order chi connectivity index (χ1) is 11.0. The topological polar surface area (TPSA) is 42.1 Å². The van der Waals surface area contributed by atoms with E-state index in [-0.39, 0.29) is 29.3 Å². The molecule has 0 amide bonds. The lowest BCUT2D eigenvalue weighted by Crippen LogP contribution is -2.01. The number of carbonyl (C=O) groups is 1. The van der Waals surface area contributed by atoms with Crippen LogP contribution in [-0.4, -0.2) is 10.8 Å². The second-order valence-electron chi connectivity index (χ2n) is 4.96. The number of ketones is 1. The quantitative estimate of drug-likeness (QED) is 0.600. The summed E-state index contributed by atoms with van der Waals surface area (Å²) in [7, 11) is 0. The number of aromatic amines is 1. The monoisotopic (exact) mass is 379 g/mol. The maximum absolute atomic E-state index is 14.2. The molecule has 0 fully saturated rings. The average molecular weight is 380 g/mol. The van der Waals surface area contributed by atoms with E-state index in [1.54, 1.807) is 19.2 Å². The van der Waals surface area contributed by atoms with Crippen LogP contribution in [0.4, 0.5) is 8.78 Å². The highest BCUT2D eigenvalue weighted by atomic mass is 79.9. The van der Waals surface area contributed by atoms with E-state index in [9.17, 15) is 13.6 Å². The minimum atomic E-state index is -0.621. The van der Waals surface area contributed by atoms with Crippen LogP contribution in [0.15, 0.2) is 41.0 Å². The summed E-state index contributed by atoms with van der Waals surface area (Å²) in [4.78, 5) is 14.6. The van der Waals surface area contributed by atoms with Gasteiger partial charge in [0.1, 0.15) is 11.6 Å². The lowest BCUT2D eigenvalue weighted by atomic mass is 10.1. The van der Waals surface area contributed by atoms with Gasteiger partial charge in [-0.15, -0.1) is 0 Å². The smallest absolute Gasteiger partial charge is 0.177 e. The molecule has 3 aromatic rings. The number of rotatable bonds is 4. The van der Waals surface area contributed by atoms with Crippen LogP contribution in [0.25, 0.3) is 10.9 Å². The van der Waals surface area contributed by atoms with Gasteiger partial charge in [0.05, 0.1) is 10.0 Å². The zero-order valence-corrected chi connectivity index (χ0v) is 13.7. The number of H-pyrrole nitrogens is 1. The van der Waals surface area contributed by atoms with Crippen molar-refractivity contribution in [2.45, 2.75) is 13.3 Å². The van der Waals surface area contributed by atoms with E-state index in [1.807, 2.05) is 0 Å². The van der Waals surface area contributed by atoms with Gasteiger partial charge >= 0.3 is 0 Å². The Morgan fingerprint density at radius 1 is 1.22 bits per heavy atom. The van der Waals surface area contributed by atoms with Gasteiger partial charge in [0.25, 0.3) is 0 Å². The summed E-state index contributed by atoms with van der Waals surface area (Å²) < 4.78 is 33.9. The van der Waals surface area contributed by atoms with Gasteiger partial charge < -0.3 is 9.72 Å². The number of benzene rings is 2. The van der Waals surface area contributed by atoms with Crippen molar-refractivity contribution in [3.05, 3.63) is 58.2 Å². The first-order valence-electron chi connectivity index (χ1n) is 6.97. The van der Waals surface area contributed by atoms with Crippen LogP contribution in [-0.2, 0) is 0 Å². The molecule has 23 heavy (non-hydrogen) atoms. The number of nitrogens with one attached hydrogen (secondary N) is 1. The molecule has 0 aliphatic rings. The molecule has 118 valence electrons. The Balaban J connectivity index is 2.04. The van der Waals surface area contributed by atoms with Crippen LogP contribution in [0.3, 0.4) is 0 Å². The highest BCUT2D eigenvalue weighted by molar-refractivity contribution is 9.10. The molecule has 0 aliphatic heterocycles. The molecule has 0 atom stereocenters. The molecule has 1 aromatic heterocycles. The Bertz CT molecular complexity index is 905. The predicted octanol–water partition coefficient (Wildman–Crippen LogP) is 5.59. The first-order valence-corrected chi connectivity index (χ1v) is 7.76. The van der Waals surface area contributed by atoms with E-state index in [2.05, 4.69) is 20.9 Å². The molecule has 0 spiro atoms. The minimum absolute atomic E-state index is 0.0152. The summed E-state index contributed by atoms with van der Waals surface area (Å²) in [6.07, 6.45) is 1.86. The second-order valence-corrected chi connectivity index (χ2v) is 5.75. The molecule has 0 unspecified atom stereocenters.